The summed E-state index contributed by atoms with van der Waals surface area (Å²) in [5.74, 6) is 2.16. The molecule has 0 saturated carbocycles. The lowest BCUT2D eigenvalue weighted by Crippen LogP contribution is -2.20. The molecule has 0 spiro atoms. The van der Waals surface area contributed by atoms with Crippen LogP contribution in [0.4, 0.5) is 0 Å². The molecule has 1 unspecified atom stereocenters. The van der Waals surface area contributed by atoms with Crippen molar-refractivity contribution < 1.29 is 9.05 Å². The van der Waals surface area contributed by atoms with E-state index in [9.17, 15) is 0 Å². The zero-order valence-electron chi connectivity index (χ0n) is 12.9. The summed E-state index contributed by atoms with van der Waals surface area (Å²) in [4.78, 5) is 4.45. The number of aryl methyl sites for hydroxylation is 2. The molecule has 0 radical (unpaired) electrons. The first-order valence-electron chi connectivity index (χ1n) is 6.78. The first kappa shape index (κ1) is 14.7. The van der Waals surface area contributed by atoms with Crippen LogP contribution in [0.5, 0.6) is 0 Å². The predicted octanol–water partition coefficient (Wildman–Crippen LogP) is 2.82. The SMILES string of the molecule is Cc1noc(C)c1CNC(C)c1nc(C(C)(C)C)no1. The quantitative estimate of drug-likeness (QED) is 0.926. The molecule has 0 bridgehead atoms. The smallest absolute Gasteiger partial charge is 0.243 e. The summed E-state index contributed by atoms with van der Waals surface area (Å²) in [6, 6.07) is -0.0210. The molecule has 0 fully saturated rings. The van der Waals surface area contributed by atoms with E-state index in [1.165, 1.54) is 0 Å². The van der Waals surface area contributed by atoms with Crippen LogP contribution in [0, 0.1) is 13.8 Å². The van der Waals surface area contributed by atoms with E-state index in [-0.39, 0.29) is 11.5 Å². The van der Waals surface area contributed by atoms with Crippen LogP contribution >= 0.6 is 0 Å². The fraction of sp³-hybridized carbons (Fsp3) is 0.643. The van der Waals surface area contributed by atoms with Gasteiger partial charge in [0.05, 0.1) is 11.7 Å². The molecule has 0 aromatic carbocycles. The molecule has 2 rings (SSSR count). The van der Waals surface area contributed by atoms with Gasteiger partial charge in [-0.3, -0.25) is 0 Å². The first-order valence-corrected chi connectivity index (χ1v) is 6.78. The van der Waals surface area contributed by atoms with Crippen molar-refractivity contribution in [3.8, 4) is 0 Å². The molecule has 110 valence electrons. The lowest BCUT2D eigenvalue weighted by atomic mass is 9.96. The van der Waals surface area contributed by atoms with Crippen LogP contribution in [0.1, 0.15) is 62.5 Å². The molecular formula is C14H22N4O2. The van der Waals surface area contributed by atoms with Crippen molar-refractivity contribution in [1.29, 1.82) is 0 Å². The van der Waals surface area contributed by atoms with Crippen molar-refractivity contribution in [2.75, 3.05) is 0 Å². The summed E-state index contributed by atoms with van der Waals surface area (Å²) in [5.41, 5.74) is 1.87. The van der Waals surface area contributed by atoms with E-state index in [1.54, 1.807) is 0 Å². The van der Waals surface area contributed by atoms with Gasteiger partial charge >= 0.3 is 0 Å². The van der Waals surface area contributed by atoms with E-state index in [0.29, 0.717) is 12.4 Å². The number of nitrogens with zero attached hydrogens (tertiary/aromatic N) is 3. The second-order valence-corrected chi connectivity index (χ2v) is 6.11. The zero-order valence-corrected chi connectivity index (χ0v) is 12.9. The van der Waals surface area contributed by atoms with E-state index in [2.05, 4.69) is 41.4 Å². The van der Waals surface area contributed by atoms with Gasteiger partial charge in [0.1, 0.15) is 5.76 Å². The maximum atomic E-state index is 5.32. The Hall–Kier alpha value is -1.69. The third kappa shape index (κ3) is 3.07. The third-order valence-electron chi connectivity index (χ3n) is 3.25. The first-order chi connectivity index (χ1) is 9.29. The van der Waals surface area contributed by atoms with Gasteiger partial charge in [0.2, 0.25) is 5.89 Å². The van der Waals surface area contributed by atoms with E-state index in [4.69, 9.17) is 9.05 Å². The van der Waals surface area contributed by atoms with Crippen molar-refractivity contribution in [2.45, 2.75) is 59.5 Å². The summed E-state index contributed by atoms with van der Waals surface area (Å²) in [7, 11) is 0. The zero-order chi connectivity index (χ0) is 14.9. The summed E-state index contributed by atoms with van der Waals surface area (Å²) in [5, 5.41) is 11.3. The summed E-state index contributed by atoms with van der Waals surface area (Å²) in [6.07, 6.45) is 0. The number of hydrogen-bond acceptors (Lipinski definition) is 6. The Bertz CT molecular complexity index is 561. The van der Waals surface area contributed by atoms with E-state index in [1.807, 2.05) is 20.8 Å². The fourth-order valence-corrected chi connectivity index (χ4v) is 1.81. The van der Waals surface area contributed by atoms with Gasteiger partial charge in [0.15, 0.2) is 5.82 Å². The van der Waals surface area contributed by atoms with E-state index in [0.717, 1.165) is 22.8 Å². The number of hydrogen-bond donors (Lipinski definition) is 1. The Balaban J connectivity index is 2.02. The molecule has 0 aliphatic heterocycles. The van der Waals surface area contributed by atoms with Crippen LogP contribution in [-0.4, -0.2) is 15.3 Å². The lowest BCUT2D eigenvalue weighted by molar-refractivity contribution is 0.330. The molecule has 2 aromatic rings. The van der Waals surface area contributed by atoms with Gasteiger partial charge in [-0.2, -0.15) is 4.98 Å². The average molecular weight is 278 g/mol. The highest BCUT2D eigenvalue weighted by molar-refractivity contribution is 5.20. The minimum absolute atomic E-state index is 0.0210. The standard InChI is InChI=1S/C14H22N4O2/c1-8-11(10(3)19-17-8)7-15-9(2)12-16-13(18-20-12)14(4,5)6/h9,15H,7H2,1-6H3. The van der Waals surface area contributed by atoms with Crippen molar-refractivity contribution in [1.82, 2.24) is 20.6 Å². The molecule has 20 heavy (non-hydrogen) atoms. The maximum Gasteiger partial charge on any atom is 0.243 e. The van der Waals surface area contributed by atoms with Gasteiger partial charge in [0.25, 0.3) is 0 Å². The molecule has 0 saturated heterocycles. The van der Waals surface area contributed by atoms with Crippen molar-refractivity contribution in [3.63, 3.8) is 0 Å². The minimum Gasteiger partial charge on any atom is -0.361 e. The fourth-order valence-electron chi connectivity index (χ4n) is 1.81. The largest absolute Gasteiger partial charge is 0.361 e. The van der Waals surface area contributed by atoms with Gasteiger partial charge in [-0.25, -0.2) is 0 Å². The Labute approximate surface area is 118 Å². The van der Waals surface area contributed by atoms with Crippen LogP contribution in [0.15, 0.2) is 9.05 Å². The van der Waals surface area contributed by atoms with Crippen LogP contribution in [0.2, 0.25) is 0 Å². The molecule has 6 nitrogen and oxygen atoms in total. The molecule has 0 aliphatic carbocycles. The van der Waals surface area contributed by atoms with Crippen LogP contribution in [0.25, 0.3) is 0 Å². The molecule has 1 N–H and O–H groups in total. The van der Waals surface area contributed by atoms with Crippen molar-refractivity contribution in [3.05, 3.63) is 28.7 Å². The monoisotopic (exact) mass is 278 g/mol. The highest BCUT2D eigenvalue weighted by Gasteiger charge is 2.23. The highest BCUT2D eigenvalue weighted by atomic mass is 16.5. The predicted molar refractivity (Wildman–Crippen MR) is 74.2 cm³/mol. The molecule has 2 aromatic heterocycles. The summed E-state index contributed by atoms with van der Waals surface area (Å²) in [6.45, 7) is 12.7. The second kappa shape index (κ2) is 5.36. The normalized spacial score (nSPS) is 13.7. The Morgan fingerprint density at radius 1 is 1.15 bits per heavy atom. The van der Waals surface area contributed by atoms with Crippen LogP contribution in [0.3, 0.4) is 0 Å². The summed E-state index contributed by atoms with van der Waals surface area (Å²) < 4.78 is 10.5. The van der Waals surface area contributed by atoms with E-state index < -0.39 is 0 Å². The Morgan fingerprint density at radius 3 is 2.35 bits per heavy atom. The average Bonchev–Trinajstić information content (AvgIpc) is 2.95. The second-order valence-electron chi connectivity index (χ2n) is 6.11. The third-order valence-corrected chi connectivity index (χ3v) is 3.25. The topological polar surface area (TPSA) is 77.0 Å². The molecular weight excluding hydrogens is 256 g/mol. The van der Waals surface area contributed by atoms with Gasteiger partial charge in [0, 0.05) is 17.5 Å². The van der Waals surface area contributed by atoms with Crippen molar-refractivity contribution in [2.24, 2.45) is 0 Å². The molecule has 1 atom stereocenters. The molecule has 2 heterocycles. The number of rotatable bonds is 4. The number of aromatic nitrogens is 3. The lowest BCUT2D eigenvalue weighted by Gasteiger charge is -2.11. The Kier molecular flexibility index (Phi) is 3.94. The maximum absolute atomic E-state index is 5.32. The molecule has 0 aliphatic rings. The highest BCUT2D eigenvalue weighted by Crippen LogP contribution is 2.21. The Morgan fingerprint density at radius 2 is 1.85 bits per heavy atom. The molecule has 6 heteroatoms. The van der Waals surface area contributed by atoms with Gasteiger partial charge in [-0.05, 0) is 20.8 Å². The van der Waals surface area contributed by atoms with Crippen LogP contribution in [-0.2, 0) is 12.0 Å². The molecule has 0 amide bonds. The minimum atomic E-state index is -0.108. The van der Waals surface area contributed by atoms with Crippen molar-refractivity contribution >= 4 is 0 Å². The summed E-state index contributed by atoms with van der Waals surface area (Å²) >= 11 is 0. The van der Waals surface area contributed by atoms with E-state index >= 15 is 0 Å². The van der Waals surface area contributed by atoms with Gasteiger partial charge in [-0.15, -0.1) is 0 Å². The van der Waals surface area contributed by atoms with Gasteiger partial charge < -0.3 is 14.4 Å². The van der Waals surface area contributed by atoms with Crippen LogP contribution < -0.4 is 5.32 Å². The van der Waals surface area contributed by atoms with Gasteiger partial charge in [-0.1, -0.05) is 31.1 Å². The number of nitrogens with one attached hydrogen (secondary N) is 1.